The zero-order valence-corrected chi connectivity index (χ0v) is 15.2. The van der Waals surface area contributed by atoms with Crippen LogP contribution in [0, 0.1) is 0 Å². The molecule has 5 nitrogen and oxygen atoms in total. The molecule has 1 amide bonds. The third-order valence-corrected chi connectivity index (χ3v) is 4.30. The lowest BCUT2D eigenvalue weighted by Gasteiger charge is -2.08. The molecule has 4 aromatic rings. The first kappa shape index (κ1) is 17.7. The predicted molar refractivity (Wildman–Crippen MR) is 109 cm³/mol. The zero-order chi connectivity index (χ0) is 19.2. The van der Waals surface area contributed by atoms with Crippen molar-refractivity contribution >= 4 is 16.9 Å². The maximum atomic E-state index is 11.9. The molecule has 5 heteroatoms. The van der Waals surface area contributed by atoms with Gasteiger partial charge in [0.2, 0.25) is 0 Å². The fraction of sp³-hybridized carbons (Fsp3) is 0.0870. The molecular formula is C23H19N3O2. The number of benzene rings is 3. The summed E-state index contributed by atoms with van der Waals surface area (Å²) in [5.74, 6) is 0.473. The van der Waals surface area contributed by atoms with Gasteiger partial charge in [-0.15, -0.1) is 0 Å². The fourth-order valence-corrected chi connectivity index (χ4v) is 2.81. The Hall–Kier alpha value is -3.73. The largest absolute Gasteiger partial charge is 0.484 e. The molecule has 0 bridgehead atoms. The minimum absolute atomic E-state index is 0.0258. The maximum absolute atomic E-state index is 11.9. The lowest BCUT2D eigenvalue weighted by molar-refractivity contribution is -0.123. The van der Waals surface area contributed by atoms with Gasteiger partial charge in [-0.3, -0.25) is 9.78 Å². The highest BCUT2D eigenvalue weighted by Gasteiger charge is 2.05. The summed E-state index contributed by atoms with van der Waals surface area (Å²) in [7, 11) is 0. The number of carbonyl (C=O) groups is 1. The highest BCUT2D eigenvalue weighted by atomic mass is 16.5. The molecule has 28 heavy (non-hydrogen) atoms. The van der Waals surface area contributed by atoms with Gasteiger partial charge in [0.1, 0.15) is 5.75 Å². The van der Waals surface area contributed by atoms with Gasteiger partial charge in [-0.25, -0.2) is 4.98 Å². The molecule has 1 N–H and O–H groups in total. The number of hydrogen-bond acceptors (Lipinski definition) is 4. The number of ether oxygens (including phenoxy) is 1. The van der Waals surface area contributed by atoms with Gasteiger partial charge in [-0.05, 0) is 42.0 Å². The molecule has 0 saturated heterocycles. The molecule has 0 spiro atoms. The van der Waals surface area contributed by atoms with E-state index in [4.69, 9.17) is 4.74 Å². The van der Waals surface area contributed by atoms with Crippen molar-refractivity contribution < 1.29 is 9.53 Å². The Kier molecular flexibility index (Phi) is 5.24. The summed E-state index contributed by atoms with van der Waals surface area (Å²) in [6.07, 6.45) is 1.76. The molecule has 0 radical (unpaired) electrons. The van der Waals surface area contributed by atoms with Crippen LogP contribution in [-0.4, -0.2) is 22.5 Å². The van der Waals surface area contributed by atoms with Crippen molar-refractivity contribution in [1.29, 1.82) is 0 Å². The maximum Gasteiger partial charge on any atom is 0.258 e. The topological polar surface area (TPSA) is 64.1 Å². The van der Waals surface area contributed by atoms with E-state index in [1.807, 2.05) is 78.9 Å². The smallest absolute Gasteiger partial charge is 0.258 e. The number of para-hydroxylation sites is 2. The number of aromatic nitrogens is 2. The van der Waals surface area contributed by atoms with E-state index in [0.29, 0.717) is 12.3 Å². The summed E-state index contributed by atoms with van der Waals surface area (Å²) < 4.78 is 5.57. The summed E-state index contributed by atoms with van der Waals surface area (Å²) in [5.41, 5.74) is 4.52. The second-order valence-corrected chi connectivity index (χ2v) is 6.32. The molecule has 3 aromatic carbocycles. The summed E-state index contributed by atoms with van der Waals surface area (Å²) in [6, 6.07) is 25.0. The standard InChI is InChI=1S/C23H19N3O2/c27-23(25-14-17-6-2-1-3-7-17)16-28-19-12-10-18(11-13-19)22-15-24-20-8-4-5-9-21(20)26-22/h1-13,15H,14,16H2,(H,25,27). The second kappa shape index (κ2) is 8.31. The van der Waals surface area contributed by atoms with Crippen LogP contribution in [0.3, 0.4) is 0 Å². The second-order valence-electron chi connectivity index (χ2n) is 6.32. The quantitative estimate of drug-likeness (QED) is 0.558. The van der Waals surface area contributed by atoms with E-state index < -0.39 is 0 Å². The van der Waals surface area contributed by atoms with Crippen LogP contribution in [0.4, 0.5) is 0 Å². The number of rotatable bonds is 6. The zero-order valence-electron chi connectivity index (χ0n) is 15.2. The van der Waals surface area contributed by atoms with Crippen molar-refractivity contribution in [3.05, 3.63) is 90.6 Å². The van der Waals surface area contributed by atoms with Crippen molar-refractivity contribution in [3.8, 4) is 17.0 Å². The van der Waals surface area contributed by atoms with Gasteiger partial charge in [0, 0.05) is 12.1 Å². The third-order valence-electron chi connectivity index (χ3n) is 4.30. The molecule has 0 atom stereocenters. The number of carbonyl (C=O) groups excluding carboxylic acids is 1. The lowest BCUT2D eigenvalue weighted by Crippen LogP contribution is -2.28. The van der Waals surface area contributed by atoms with Crippen LogP contribution in [-0.2, 0) is 11.3 Å². The molecular weight excluding hydrogens is 350 g/mol. The Morgan fingerprint density at radius 2 is 1.57 bits per heavy atom. The van der Waals surface area contributed by atoms with E-state index in [1.54, 1.807) is 6.20 Å². The summed E-state index contributed by atoms with van der Waals surface area (Å²) in [6.45, 7) is 0.463. The average Bonchev–Trinajstić information content (AvgIpc) is 2.77. The Labute approximate surface area is 163 Å². The van der Waals surface area contributed by atoms with E-state index in [2.05, 4.69) is 15.3 Å². The molecule has 0 aliphatic heterocycles. The Bertz CT molecular complexity index is 1080. The van der Waals surface area contributed by atoms with Crippen LogP contribution < -0.4 is 10.1 Å². The number of amides is 1. The SMILES string of the molecule is O=C(COc1ccc(-c2cnc3ccccc3n2)cc1)NCc1ccccc1. The van der Waals surface area contributed by atoms with Crippen molar-refractivity contribution in [2.45, 2.75) is 6.54 Å². The molecule has 0 saturated carbocycles. The minimum Gasteiger partial charge on any atom is -0.484 e. The highest BCUT2D eigenvalue weighted by Crippen LogP contribution is 2.22. The van der Waals surface area contributed by atoms with Gasteiger partial charge in [0.05, 0.1) is 22.9 Å². The van der Waals surface area contributed by atoms with Gasteiger partial charge in [-0.1, -0.05) is 42.5 Å². The number of nitrogens with zero attached hydrogens (tertiary/aromatic N) is 2. The molecule has 0 aliphatic rings. The normalized spacial score (nSPS) is 10.6. The van der Waals surface area contributed by atoms with Crippen LogP contribution in [0.1, 0.15) is 5.56 Å². The van der Waals surface area contributed by atoms with Crippen molar-refractivity contribution in [1.82, 2.24) is 15.3 Å². The Morgan fingerprint density at radius 3 is 2.36 bits per heavy atom. The van der Waals surface area contributed by atoms with Gasteiger partial charge in [0.15, 0.2) is 6.61 Å². The van der Waals surface area contributed by atoms with Crippen LogP contribution in [0.5, 0.6) is 5.75 Å². The first-order chi connectivity index (χ1) is 13.8. The van der Waals surface area contributed by atoms with Crippen LogP contribution >= 0.6 is 0 Å². The summed E-state index contributed by atoms with van der Waals surface area (Å²) >= 11 is 0. The van der Waals surface area contributed by atoms with E-state index in [-0.39, 0.29) is 12.5 Å². The number of fused-ring (bicyclic) bond motifs is 1. The molecule has 0 fully saturated rings. The van der Waals surface area contributed by atoms with E-state index >= 15 is 0 Å². The van der Waals surface area contributed by atoms with E-state index in [1.165, 1.54) is 0 Å². The molecule has 1 heterocycles. The van der Waals surface area contributed by atoms with Gasteiger partial charge >= 0.3 is 0 Å². The fourth-order valence-electron chi connectivity index (χ4n) is 2.81. The predicted octanol–water partition coefficient (Wildman–Crippen LogP) is 3.99. The van der Waals surface area contributed by atoms with Crippen molar-refractivity contribution in [3.63, 3.8) is 0 Å². The minimum atomic E-state index is -0.159. The molecule has 4 rings (SSSR count). The monoisotopic (exact) mass is 369 g/mol. The van der Waals surface area contributed by atoms with Crippen molar-refractivity contribution in [2.75, 3.05) is 6.61 Å². The van der Waals surface area contributed by atoms with Gasteiger partial charge in [-0.2, -0.15) is 0 Å². The summed E-state index contributed by atoms with van der Waals surface area (Å²) in [5, 5.41) is 2.84. The van der Waals surface area contributed by atoms with Gasteiger partial charge < -0.3 is 10.1 Å². The first-order valence-electron chi connectivity index (χ1n) is 9.03. The van der Waals surface area contributed by atoms with Crippen LogP contribution in [0.15, 0.2) is 85.1 Å². The van der Waals surface area contributed by atoms with Crippen molar-refractivity contribution in [2.24, 2.45) is 0 Å². The third kappa shape index (κ3) is 4.32. The highest BCUT2D eigenvalue weighted by molar-refractivity contribution is 5.78. The molecule has 0 unspecified atom stereocenters. The molecule has 1 aromatic heterocycles. The van der Waals surface area contributed by atoms with E-state index in [0.717, 1.165) is 27.9 Å². The van der Waals surface area contributed by atoms with Crippen LogP contribution in [0.25, 0.3) is 22.3 Å². The Balaban J connectivity index is 1.34. The van der Waals surface area contributed by atoms with Gasteiger partial charge in [0.25, 0.3) is 5.91 Å². The average molecular weight is 369 g/mol. The molecule has 0 aliphatic carbocycles. The number of hydrogen-bond donors (Lipinski definition) is 1. The summed E-state index contributed by atoms with van der Waals surface area (Å²) in [4.78, 5) is 21.0. The lowest BCUT2D eigenvalue weighted by atomic mass is 10.1. The number of nitrogens with one attached hydrogen (secondary N) is 1. The van der Waals surface area contributed by atoms with E-state index in [9.17, 15) is 4.79 Å². The van der Waals surface area contributed by atoms with Crippen LogP contribution in [0.2, 0.25) is 0 Å². The first-order valence-corrected chi connectivity index (χ1v) is 9.03. The Morgan fingerprint density at radius 1 is 0.857 bits per heavy atom. The molecule has 138 valence electrons.